The third-order valence-corrected chi connectivity index (χ3v) is 4.85. The first kappa shape index (κ1) is 16.2. The summed E-state index contributed by atoms with van der Waals surface area (Å²) in [5.41, 5.74) is 2.81. The highest BCUT2D eigenvalue weighted by Crippen LogP contribution is 2.26. The fraction of sp³-hybridized carbons (Fsp3) is 0.450. The zero-order chi connectivity index (χ0) is 17.1. The van der Waals surface area contributed by atoms with Crippen LogP contribution in [0.25, 0.3) is 0 Å². The van der Waals surface area contributed by atoms with Crippen LogP contribution in [0.15, 0.2) is 34.7 Å². The number of carbonyl (C=O) groups excluding carboxylic acids is 1. The Morgan fingerprint density at radius 2 is 2.08 bits per heavy atom. The Labute approximate surface area is 147 Å². The van der Waals surface area contributed by atoms with E-state index in [0.717, 1.165) is 38.0 Å². The van der Waals surface area contributed by atoms with Gasteiger partial charge in [0.05, 0.1) is 6.10 Å². The first-order valence-electron chi connectivity index (χ1n) is 9.01. The fourth-order valence-corrected chi connectivity index (χ4v) is 3.47. The molecule has 1 aromatic heterocycles. The molecule has 0 bridgehead atoms. The summed E-state index contributed by atoms with van der Waals surface area (Å²) >= 11 is 0. The Morgan fingerprint density at radius 3 is 2.96 bits per heavy atom. The van der Waals surface area contributed by atoms with E-state index in [1.807, 2.05) is 6.07 Å². The van der Waals surface area contributed by atoms with E-state index in [1.54, 1.807) is 12.1 Å². The Kier molecular flexibility index (Phi) is 4.74. The number of nitrogens with one attached hydrogen (secondary N) is 1. The van der Waals surface area contributed by atoms with Crippen molar-refractivity contribution in [1.82, 2.24) is 5.32 Å². The van der Waals surface area contributed by atoms with Crippen LogP contribution in [0.2, 0.25) is 0 Å². The molecule has 1 amide bonds. The third-order valence-electron chi connectivity index (χ3n) is 4.85. The second kappa shape index (κ2) is 7.31. The van der Waals surface area contributed by atoms with Crippen molar-refractivity contribution in [2.75, 3.05) is 13.2 Å². The molecule has 25 heavy (non-hydrogen) atoms. The molecular formula is C20H23NO4. The number of carbonyl (C=O) groups is 1. The lowest BCUT2D eigenvalue weighted by Crippen LogP contribution is -2.31. The maximum absolute atomic E-state index is 12.1. The molecule has 1 aliphatic carbocycles. The van der Waals surface area contributed by atoms with Gasteiger partial charge in [-0.3, -0.25) is 4.79 Å². The summed E-state index contributed by atoms with van der Waals surface area (Å²) in [5, 5.41) is 2.86. The summed E-state index contributed by atoms with van der Waals surface area (Å²) in [6, 6.07) is 9.73. The fourth-order valence-electron chi connectivity index (χ4n) is 3.47. The molecule has 1 aromatic carbocycles. The number of fused-ring (bicyclic) bond motifs is 1. The van der Waals surface area contributed by atoms with Crippen molar-refractivity contribution in [3.63, 3.8) is 0 Å². The molecule has 1 saturated heterocycles. The number of hydrogen-bond acceptors (Lipinski definition) is 4. The molecular weight excluding hydrogens is 318 g/mol. The minimum atomic E-state index is -0.209. The van der Waals surface area contributed by atoms with Crippen molar-refractivity contribution in [3.05, 3.63) is 53.0 Å². The van der Waals surface area contributed by atoms with E-state index in [0.29, 0.717) is 24.7 Å². The summed E-state index contributed by atoms with van der Waals surface area (Å²) in [6.45, 7) is 1.63. The highest BCUT2D eigenvalue weighted by atomic mass is 16.5. The largest absolute Gasteiger partial charge is 0.486 e. The zero-order valence-electron chi connectivity index (χ0n) is 14.3. The summed E-state index contributed by atoms with van der Waals surface area (Å²) in [7, 11) is 0. The number of rotatable bonds is 6. The van der Waals surface area contributed by atoms with Gasteiger partial charge >= 0.3 is 0 Å². The quantitative estimate of drug-likeness (QED) is 0.876. The minimum absolute atomic E-state index is 0.126. The lowest BCUT2D eigenvalue weighted by atomic mass is 10.1. The van der Waals surface area contributed by atoms with E-state index in [-0.39, 0.29) is 12.0 Å². The molecule has 1 aliphatic heterocycles. The number of aryl methyl sites for hydroxylation is 2. The molecule has 1 N–H and O–H groups in total. The molecule has 1 fully saturated rings. The van der Waals surface area contributed by atoms with Crippen molar-refractivity contribution in [3.8, 4) is 5.75 Å². The number of amides is 1. The average Bonchev–Trinajstić information content (AvgIpc) is 3.39. The van der Waals surface area contributed by atoms with Gasteiger partial charge in [0.1, 0.15) is 18.1 Å². The lowest BCUT2D eigenvalue weighted by Gasteiger charge is -2.09. The van der Waals surface area contributed by atoms with Crippen LogP contribution in [0.4, 0.5) is 0 Å². The SMILES string of the molecule is O=C(NC[C@H]1CCCO1)c1ccc(COc2ccc3c(c2)CCC3)o1. The van der Waals surface area contributed by atoms with E-state index in [1.165, 1.54) is 17.5 Å². The van der Waals surface area contributed by atoms with Gasteiger partial charge in [-0.05, 0) is 67.5 Å². The van der Waals surface area contributed by atoms with Crippen LogP contribution < -0.4 is 10.1 Å². The molecule has 5 heteroatoms. The Hall–Kier alpha value is -2.27. The zero-order valence-corrected chi connectivity index (χ0v) is 14.3. The molecule has 2 aliphatic rings. The van der Waals surface area contributed by atoms with Crippen molar-refractivity contribution < 1.29 is 18.7 Å². The number of ether oxygens (including phenoxy) is 2. The molecule has 0 spiro atoms. The predicted octanol–water partition coefficient (Wildman–Crippen LogP) is 3.26. The summed E-state index contributed by atoms with van der Waals surface area (Å²) in [6.07, 6.45) is 5.70. The number of hydrogen-bond donors (Lipinski definition) is 1. The number of furan rings is 1. The topological polar surface area (TPSA) is 60.7 Å². The first-order chi connectivity index (χ1) is 12.3. The number of benzene rings is 1. The first-order valence-corrected chi connectivity index (χ1v) is 9.01. The molecule has 5 nitrogen and oxygen atoms in total. The highest BCUT2D eigenvalue weighted by molar-refractivity contribution is 5.91. The van der Waals surface area contributed by atoms with Crippen molar-refractivity contribution in [1.29, 1.82) is 0 Å². The third kappa shape index (κ3) is 3.87. The van der Waals surface area contributed by atoms with Gasteiger partial charge in [-0.25, -0.2) is 0 Å². The van der Waals surface area contributed by atoms with Crippen LogP contribution in [0, 0.1) is 0 Å². The second-order valence-corrected chi connectivity index (χ2v) is 6.68. The van der Waals surface area contributed by atoms with Crippen LogP contribution in [-0.2, 0) is 24.2 Å². The van der Waals surface area contributed by atoms with Gasteiger partial charge in [-0.15, -0.1) is 0 Å². The normalized spacial score (nSPS) is 19.0. The monoisotopic (exact) mass is 341 g/mol. The summed E-state index contributed by atoms with van der Waals surface area (Å²) in [4.78, 5) is 12.1. The van der Waals surface area contributed by atoms with E-state index in [2.05, 4.69) is 17.4 Å². The van der Waals surface area contributed by atoms with Gasteiger partial charge in [-0.1, -0.05) is 6.07 Å². The Bertz CT molecular complexity index is 746. The van der Waals surface area contributed by atoms with Gasteiger partial charge in [0.15, 0.2) is 5.76 Å². The molecule has 1 atom stereocenters. The van der Waals surface area contributed by atoms with E-state index >= 15 is 0 Å². The van der Waals surface area contributed by atoms with Gasteiger partial charge in [0.25, 0.3) is 5.91 Å². The molecule has 132 valence electrons. The van der Waals surface area contributed by atoms with Crippen LogP contribution in [0.3, 0.4) is 0 Å². The molecule has 2 heterocycles. The van der Waals surface area contributed by atoms with Crippen LogP contribution >= 0.6 is 0 Å². The molecule has 0 unspecified atom stereocenters. The van der Waals surface area contributed by atoms with Crippen LogP contribution in [0.1, 0.15) is 46.7 Å². The smallest absolute Gasteiger partial charge is 0.287 e. The highest BCUT2D eigenvalue weighted by Gasteiger charge is 2.18. The average molecular weight is 341 g/mol. The van der Waals surface area contributed by atoms with Crippen LogP contribution in [0.5, 0.6) is 5.75 Å². The second-order valence-electron chi connectivity index (χ2n) is 6.68. The van der Waals surface area contributed by atoms with E-state index in [4.69, 9.17) is 13.9 Å². The predicted molar refractivity (Wildman–Crippen MR) is 92.8 cm³/mol. The maximum Gasteiger partial charge on any atom is 0.287 e. The van der Waals surface area contributed by atoms with Gasteiger partial charge in [-0.2, -0.15) is 0 Å². The Balaban J connectivity index is 1.29. The van der Waals surface area contributed by atoms with E-state index < -0.39 is 0 Å². The molecule has 4 rings (SSSR count). The summed E-state index contributed by atoms with van der Waals surface area (Å²) < 4.78 is 16.9. The summed E-state index contributed by atoms with van der Waals surface area (Å²) in [5.74, 6) is 1.59. The van der Waals surface area contributed by atoms with Crippen molar-refractivity contribution in [2.45, 2.75) is 44.8 Å². The van der Waals surface area contributed by atoms with Crippen molar-refractivity contribution >= 4 is 5.91 Å². The van der Waals surface area contributed by atoms with Gasteiger partial charge in [0.2, 0.25) is 0 Å². The lowest BCUT2D eigenvalue weighted by molar-refractivity contribution is 0.0832. The molecule has 0 saturated carbocycles. The van der Waals surface area contributed by atoms with Crippen molar-refractivity contribution in [2.24, 2.45) is 0 Å². The standard InChI is InChI=1S/C20H23NO4/c22-20(21-12-17-5-2-10-23-17)19-9-8-18(25-19)13-24-16-7-6-14-3-1-4-15(14)11-16/h6-9,11,17H,1-5,10,12-13H2,(H,21,22)/t17-/m1/s1. The van der Waals surface area contributed by atoms with Gasteiger partial charge < -0.3 is 19.2 Å². The molecule has 0 radical (unpaired) electrons. The minimum Gasteiger partial charge on any atom is -0.486 e. The molecule has 2 aromatic rings. The Morgan fingerprint density at radius 1 is 1.16 bits per heavy atom. The van der Waals surface area contributed by atoms with Crippen LogP contribution in [-0.4, -0.2) is 25.2 Å². The van der Waals surface area contributed by atoms with Gasteiger partial charge in [0, 0.05) is 13.2 Å². The van der Waals surface area contributed by atoms with E-state index in [9.17, 15) is 4.79 Å². The maximum atomic E-state index is 12.1.